The zero-order chi connectivity index (χ0) is 21.6. The standard InChI is InChI=1S/C20H15F2N5O3S/c21-13-6-7-15(14(22)10-13)23-17(28)8-9-18-24-16(27-30-18)11-31-20-26-25-19(29-20)12-4-2-1-3-5-12/h1-7,10H,8-9,11H2,(H,23,28). The van der Waals surface area contributed by atoms with Crippen LogP contribution in [0.2, 0.25) is 0 Å². The van der Waals surface area contributed by atoms with Crippen molar-refractivity contribution in [3.63, 3.8) is 0 Å². The number of carbonyl (C=O) groups is 1. The predicted octanol–water partition coefficient (Wildman–Crippen LogP) is 4.26. The molecule has 1 amide bonds. The van der Waals surface area contributed by atoms with E-state index in [0.29, 0.717) is 28.8 Å². The molecule has 2 heterocycles. The molecule has 2 aromatic heterocycles. The van der Waals surface area contributed by atoms with Crippen LogP contribution in [0.15, 0.2) is 62.7 Å². The van der Waals surface area contributed by atoms with E-state index in [1.54, 1.807) is 0 Å². The Hall–Kier alpha value is -3.60. The van der Waals surface area contributed by atoms with E-state index in [4.69, 9.17) is 8.94 Å². The average molecular weight is 443 g/mol. The summed E-state index contributed by atoms with van der Waals surface area (Å²) < 4.78 is 37.2. The molecule has 0 aliphatic rings. The second kappa shape index (κ2) is 9.47. The first-order valence-corrected chi connectivity index (χ1v) is 10.1. The number of benzene rings is 2. The molecule has 1 N–H and O–H groups in total. The Morgan fingerprint density at radius 1 is 1.10 bits per heavy atom. The van der Waals surface area contributed by atoms with E-state index in [2.05, 4.69) is 25.7 Å². The van der Waals surface area contributed by atoms with Gasteiger partial charge in [-0.3, -0.25) is 4.79 Å². The van der Waals surface area contributed by atoms with Crippen molar-refractivity contribution >= 4 is 23.4 Å². The number of hydrogen-bond acceptors (Lipinski definition) is 8. The third-order valence-electron chi connectivity index (χ3n) is 4.03. The minimum Gasteiger partial charge on any atom is -0.411 e. The van der Waals surface area contributed by atoms with Crippen molar-refractivity contribution in [3.05, 3.63) is 71.9 Å². The first-order valence-electron chi connectivity index (χ1n) is 9.15. The lowest BCUT2D eigenvalue weighted by molar-refractivity contribution is -0.116. The molecule has 8 nitrogen and oxygen atoms in total. The van der Waals surface area contributed by atoms with Gasteiger partial charge in [0.25, 0.3) is 5.22 Å². The lowest BCUT2D eigenvalue weighted by Gasteiger charge is -2.05. The van der Waals surface area contributed by atoms with Crippen LogP contribution >= 0.6 is 11.8 Å². The number of carbonyl (C=O) groups excluding carboxylic acids is 1. The van der Waals surface area contributed by atoms with Crippen LogP contribution in [-0.4, -0.2) is 26.2 Å². The van der Waals surface area contributed by atoms with Gasteiger partial charge in [0.15, 0.2) is 5.82 Å². The molecule has 0 spiro atoms. The quantitative estimate of drug-likeness (QED) is 0.403. The predicted molar refractivity (Wildman–Crippen MR) is 107 cm³/mol. The van der Waals surface area contributed by atoms with Crippen LogP contribution in [0.4, 0.5) is 14.5 Å². The lowest BCUT2D eigenvalue weighted by atomic mass is 10.2. The summed E-state index contributed by atoms with van der Waals surface area (Å²) in [4.78, 5) is 16.2. The van der Waals surface area contributed by atoms with Gasteiger partial charge in [-0.15, -0.1) is 10.2 Å². The smallest absolute Gasteiger partial charge is 0.277 e. The normalized spacial score (nSPS) is 10.9. The molecule has 2 aromatic carbocycles. The van der Waals surface area contributed by atoms with Gasteiger partial charge in [-0.1, -0.05) is 35.1 Å². The summed E-state index contributed by atoms with van der Waals surface area (Å²) in [5.74, 6) is -0.595. The molecule has 0 saturated carbocycles. The summed E-state index contributed by atoms with van der Waals surface area (Å²) in [5.41, 5.74) is 0.728. The highest BCUT2D eigenvalue weighted by Gasteiger charge is 2.14. The zero-order valence-electron chi connectivity index (χ0n) is 15.9. The highest BCUT2D eigenvalue weighted by Crippen LogP contribution is 2.25. The van der Waals surface area contributed by atoms with Crippen molar-refractivity contribution in [1.29, 1.82) is 0 Å². The maximum Gasteiger partial charge on any atom is 0.277 e. The Kier molecular flexibility index (Phi) is 6.32. The van der Waals surface area contributed by atoms with Gasteiger partial charge in [0.1, 0.15) is 11.6 Å². The molecule has 158 valence electrons. The number of rotatable bonds is 8. The molecule has 0 saturated heterocycles. The van der Waals surface area contributed by atoms with E-state index in [1.807, 2.05) is 30.3 Å². The summed E-state index contributed by atoms with van der Waals surface area (Å²) in [7, 11) is 0. The van der Waals surface area contributed by atoms with Gasteiger partial charge in [-0.05, 0) is 24.3 Å². The lowest BCUT2D eigenvalue weighted by Crippen LogP contribution is -2.13. The molecule has 0 aliphatic carbocycles. The van der Waals surface area contributed by atoms with E-state index >= 15 is 0 Å². The monoisotopic (exact) mass is 443 g/mol. The van der Waals surface area contributed by atoms with Gasteiger partial charge >= 0.3 is 0 Å². The van der Waals surface area contributed by atoms with Gasteiger partial charge in [-0.2, -0.15) is 4.98 Å². The molecular formula is C20H15F2N5O3S. The Balaban J connectivity index is 1.26. The Labute approximate surface area is 179 Å². The first-order chi connectivity index (χ1) is 15.1. The van der Waals surface area contributed by atoms with Crippen LogP contribution in [-0.2, 0) is 17.0 Å². The molecule has 4 rings (SSSR count). The van der Waals surface area contributed by atoms with Crippen LogP contribution < -0.4 is 5.32 Å². The van der Waals surface area contributed by atoms with Crippen molar-refractivity contribution in [2.45, 2.75) is 23.8 Å². The Morgan fingerprint density at radius 3 is 2.74 bits per heavy atom. The average Bonchev–Trinajstić information content (AvgIpc) is 3.43. The van der Waals surface area contributed by atoms with Crippen molar-refractivity contribution < 1.29 is 22.5 Å². The summed E-state index contributed by atoms with van der Waals surface area (Å²) in [6.45, 7) is 0. The van der Waals surface area contributed by atoms with E-state index < -0.39 is 17.5 Å². The maximum absolute atomic E-state index is 13.6. The first kappa shape index (κ1) is 20.7. The fourth-order valence-electron chi connectivity index (χ4n) is 2.57. The van der Waals surface area contributed by atoms with Crippen LogP contribution in [0, 0.1) is 11.6 Å². The molecule has 0 aliphatic heterocycles. The topological polar surface area (TPSA) is 107 Å². The molecular weight excluding hydrogens is 428 g/mol. The summed E-state index contributed by atoms with van der Waals surface area (Å²) in [6, 6.07) is 12.3. The van der Waals surface area contributed by atoms with Gasteiger partial charge < -0.3 is 14.3 Å². The number of nitrogens with one attached hydrogen (secondary N) is 1. The molecule has 0 unspecified atom stereocenters. The fraction of sp³-hybridized carbons (Fsp3) is 0.150. The Morgan fingerprint density at radius 2 is 1.94 bits per heavy atom. The molecule has 31 heavy (non-hydrogen) atoms. The SMILES string of the molecule is O=C(CCc1nc(CSc2nnc(-c3ccccc3)o2)no1)Nc1ccc(F)cc1F. The highest BCUT2D eigenvalue weighted by atomic mass is 32.2. The van der Waals surface area contributed by atoms with Gasteiger partial charge in [-0.25, -0.2) is 8.78 Å². The van der Waals surface area contributed by atoms with Crippen LogP contribution in [0.25, 0.3) is 11.5 Å². The van der Waals surface area contributed by atoms with Crippen LogP contribution in [0.3, 0.4) is 0 Å². The number of thioether (sulfide) groups is 1. The van der Waals surface area contributed by atoms with Gasteiger partial charge in [0.2, 0.25) is 17.7 Å². The van der Waals surface area contributed by atoms with Crippen LogP contribution in [0.5, 0.6) is 0 Å². The van der Waals surface area contributed by atoms with E-state index in [9.17, 15) is 13.6 Å². The second-order valence-corrected chi connectivity index (χ2v) is 7.23. The largest absolute Gasteiger partial charge is 0.411 e. The number of amides is 1. The molecule has 0 radical (unpaired) electrons. The van der Waals surface area contributed by atoms with Crippen molar-refractivity contribution in [2.24, 2.45) is 0 Å². The summed E-state index contributed by atoms with van der Waals surface area (Å²) in [6.07, 6.45) is 0.167. The third kappa shape index (κ3) is 5.51. The number of anilines is 1. The van der Waals surface area contributed by atoms with Gasteiger partial charge in [0.05, 0.1) is 11.4 Å². The summed E-state index contributed by atoms with van der Waals surface area (Å²) in [5, 5.41) is 14.6. The number of nitrogens with zero attached hydrogens (tertiary/aromatic N) is 4. The zero-order valence-corrected chi connectivity index (χ0v) is 16.7. The number of aryl methyl sites for hydroxylation is 1. The molecule has 11 heteroatoms. The Bertz CT molecular complexity index is 1180. The fourth-order valence-corrected chi connectivity index (χ4v) is 3.17. The molecule has 0 atom stereocenters. The van der Waals surface area contributed by atoms with Gasteiger partial charge in [0, 0.05) is 24.5 Å². The van der Waals surface area contributed by atoms with Crippen LogP contribution in [0.1, 0.15) is 18.1 Å². The maximum atomic E-state index is 13.6. The minimum atomic E-state index is -0.845. The highest BCUT2D eigenvalue weighted by molar-refractivity contribution is 7.98. The molecule has 0 bridgehead atoms. The number of halogens is 2. The number of aromatic nitrogens is 4. The third-order valence-corrected chi connectivity index (χ3v) is 4.85. The molecule has 4 aromatic rings. The van der Waals surface area contributed by atoms with Crippen molar-refractivity contribution in [1.82, 2.24) is 20.3 Å². The summed E-state index contributed by atoms with van der Waals surface area (Å²) >= 11 is 1.25. The van der Waals surface area contributed by atoms with E-state index in [-0.39, 0.29) is 24.4 Å². The van der Waals surface area contributed by atoms with E-state index in [1.165, 1.54) is 11.8 Å². The number of hydrogen-bond donors (Lipinski definition) is 1. The van der Waals surface area contributed by atoms with E-state index in [0.717, 1.165) is 17.7 Å². The van der Waals surface area contributed by atoms with Crippen molar-refractivity contribution in [3.8, 4) is 11.5 Å². The minimum absolute atomic E-state index is 0.00428. The van der Waals surface area contributed by atoms with Crippen molar-refractivity contribution in [2.75, 3.05) is 5.32 Å². The second-order valence-electron chi connectivity index (χ2n) is 6.30. The molecule has 0 fully saturated rings.